The molecule has 0 spiro atoms. The van der Waals surface area contributed by atoms with Crippen molar-refractivity contribution in [1.29, 1.82) is 0 Å². The molecule has 0 aromatic heterocycles. The lowest BCUT2D eigenvalue weighted by Gasteiger charge is -2.11. The zero-order valence-corrected chi connectivity index (χ0v) is 9.31. The highest BCUT2D eigenvalue weighted by Gasteiger charge is 2.19. The Hall–Kier alpha value is -1.14. The molecule has 0 radical (unpaired) electrons. The minimum atomic E-state index is -3.73. The lowest BCUT2D eigenvalue weighted by molar-refractivity contribution is 0.568. The van der Waals surface area contributed by atoms with Gasteiger partial charge in [0.15, 0.2) is 0 Å². The van der Waals surface area contributed by atoms with Crippen LogP contribution in [0, 0.1) is 5.82 Å². The number of anilines is 1. The van der Waals surface area contributed by atoms with E-state index in [1.165, 1.54) is 12.1 Å². The van der Waals surface area contributed by atoms with Crippen molar-refractivity contribution < 1.29 is 12.8 Å². The molecule has 0 aliphatic rings. The predicted molar refractivity (Wildman–Crippen MR) is 56.3 cm³/mol. The first-order chi connectivity index (χ1) is 6.84. The second-order valence-electron chi connectivity index (χ2n) is 3.43. The number of sulfonamides is 1. The van der Waals surface area contributed by atoms with Crippen LogP contribution < -0.4 is 10.5 Å². The fraction of sp³-hybridized carbons (Fsp3) is 0.333. The van der Waals surface area contributed by atoms with E-state index in [0.717, 1.165) is 6.07 Å². The van der Waals surface area contributed by atoms with E-state index in [-0.39, 0.29) is 16.6 Å². The van der Waals surface area contributed by atoms with Gasteiger partial charge in [0.1, 0.15) is 10.7 Å². The van der Waals surface area contributed by atoms with Crippen LogP contribution in [0.3, 0.4) is 0 Å². The summed E-state index contributed by atoms with van der Waals surface area (Å²) in [5.41, 5.74) is 4.99. The first-order valence-corrected chi connectivity index (χ1v) is 5.89. The van der Waals surface area contributed by atoms with Gasteiger partial charge in [0.2, 0.25) is 10.0 Å². The highest BCUT2D eigenvalue weighted by atomic mass is 32.2. The molecule has 84 valence electrons. The summed E-state index contributed by atoms with van der Waals surface area (Å²) in [7, 11) is -3.73. The van der Waals surface area contributed by atoms with Crippen LogP contribution in [-0.2, 0) is 10.0 Å². The summed E-state index contributed by atoms with van der Waals surface area (Å²) in [4.78, 5) is -0.226. The highest BCUT2D eigenvalue weighted by Crippen LogP contribution is 2.20. The van der Waals surface area contributed by atoms with Gasteiger partial charge in [0.05, 0.1) is 5.69 Å². The summed E-state index contributed by atoms with van der Waals surface area (Å²) in [5.74, 6) is -0.735. The standard InChI is InChI=1S/C9H13FN2O2S/c1-6(2)12-15(13,14)8-5-3-4-7(10)9(8)11/h3-6,12H,11H2,1-2H3. The molecular weight excluding hydrogens is 219 g/mol. The van der Waals surface area contributed by atoms with E-state index >= 15 is 0 Å². The third kappa shape index (κ3) is 2.66. The van der Waals surface area contributed by atoms with E-state index in [1.807, 2.05) is 0 Å². The Labute approximate surface area is 88.3 Å². The number of para-hydroxylation sites is 1. The maximum atomic E-state index is 13.0. The highest BCUT2D eigenvalue weighted by molar-refractivity contribution is 7.89. The molecule has 4 nitrogen and oxygen atoms in total. The van der Waals surface area contributed by atoms with Crippen molar-refractivity contribution in [1.82, 2.24) is 4.72 Å². The van der Waals surface area contributed by atoms with Crippen LogP contribution in [0.5, 0.6) is 0 Å². The molecule has 0 saturated heterocycles. The number of nitrogens with one attached hydrogen (secondary N) is 1. The van der Waals surface area contributed by atoms with Crippen LogP contribution in [0.25, 0.3) is 0 Å². The largest absolute Gasteiger partial charge is 0.395 e. The third-order valence-corrected chi connectivity index (χ3v) is 3.41. The molecule has 0 amide bonds. The van der Waals surface area contributed by atoms with Crippen LogP contribution in [-0.4, -0.2) is 14.5 Å². The summed E-state index contributed by atoms with van der Waals surface area (Å²) < 4.78 is 38.7. The van der Waals surface area contributed by atoms with Gasteiger partial charge in [-0.25, -0.2) is 17.5 Å². The summed E-state index contributed by atoms with van der Waals surface area (Å²) in [6.45, 7) is 3.35. The second kappa shape index (κ2) is 4.16. The molecule has 6 heteroatoms. The number of hydrogen-bond donors (Lipinski definition) is 2. The number of hydrogen-bond acceptors (Lipinski definition) is 3. The Morgan fingerprint density at radius 2 is 2.00 bits per heavy atom. The summed E-state index contributed by atoms with van der Waals surface area (Å²) >= 11 is 0. The summed E-state index contributed by atoms with van der Waals surface area (Å²) in [6, 6.07) is 3.42. The molecule has 1 rings (SSSR count). The molecule has 0 aliphatic heterocycles. The Bertz CT molecular complexity index is 457. The minimum Gasteiger partial charge on any atom is -0.395 e. The number of halogens is 1. The third-order valence-electron chi connectivity index (χ3n) is 1.69. The predicted octanol–water partition coefficient (Wildman–Crippen LogP) is 1.09. The quantitative estimate of drug-likeness (QED) is 0.766. The molecule has 15 heavy (non-hydrogen) atoms. The fourth-order valence-corrected chi connectivity index (χ4v) is 2.52. The second-order valence-corrected chi connectivity index (χ2v) is 5.11. The van der Waals surface area contributed by atoms with Gasteiger partial charge >= 0.3 is 0 Å². The molecule has 0 saturated carbocycles. The fourth-order valence-electron chi connectivity index (χ4n) is 1.13. The molecule has 0 bridgehead atoms. The lowest BCUT2D eigenvalue weighted by atomic mass is 10.3. The van der Waals surface area contributed by atoms with Gasteiger partial charge in [0, 0.05) is 6.04 Å². The average molecular weight is 232 g/mol. The maximum absolute atomic E-state index is 13.0. The zero-order valence-electron chi connectivity index (χ0n) is 8.49. The summed E-state index contributed by atoms with van der Waals surface area (Å²) in [6.07, 6.45) is 0. The molecule has 0 unspecified atom stereocenters. The van der Waals surface area contributed by atoms with Gasteiger partial charge in [-0.05, 0) is 26.0 Å². The summed E-state index contributed by atoms with van der Waals surface area (Å²) in [5, 5.41) is 0. The smallest absolute Gasteiger partial charge is 0.242 e. The lowest BCUT2D eigenvalue weighted by Crippen LogP contribution is -2.30. The molecule has 0 fully saturated rings. The number of nitrogen functional groups attached to an aromatic ring is 1. The van der Waals surface area contributed by atoms with Gasteiger partial charge < -0.3 is 5.73 Å². The Morgan fingerprint density at radius 1 is 1.40 bits per heavy atom. The van der Waals surface area contributed by atoms with E-state index in [4.69, 9.17) is 5.73 Å². The van der Waals surface area contributed by atoms with Gasteiger partial charge in [-0.1, -0.05) is 6.07 Å². The average Bonchev–Trinajstić information content (AvgIpc) is 2.07. The first-order valence-electron chi connectivity index (χ1n) is 4.41. The molecule has 0 aliphatic carbocycles. The van der Waals surface area contributed by atoms with Crippen molar-refractivity contribution in [2.24, 2.45) is 0 Å². The normalized spacial score (nSPS) is 12.0. The Balaban J connectivity index is 3.22. The molecule has 1 aromatic rings. The van der Waals surface area contributed by atoms with Gasteiger partial charge in [0.25, 0.3) is 0 Å². The van der Waals surface area contributed by atoms with Crippen molar-refractivity contribution in [3.63, 3.8) is 0 Å². The van der Waals surface area contributed by atoms with E-state index in [9.17, 15) is 12.8 Å². The monoisotopic (exact) mass is 232 g/mol. The van der Waals surface area contributed by atoms with Gasteiger partial charge in [-0.15, -0.1) is 0 Å². The van der Waals surface area contributed by atoms with Crippen LogP contribution >= 0.6 is 0 Å². The molecule has 0 heterocycles. The Kier molecular flexibility index (Phi) is 3.31. The maximum Gasteiger partial charge on any atom is 0.242 e. The first kappa shape index (κ1) is 11.9. The van der Waals surface area contributed by atoms with Gasteiger partial charge in [-0.2, -0.15) is 0 Å². The van der Waals surface area contributed by atoms with Crippen molar-refractivity contribution in [3.05, 3.63) is 24.0 Å². The number of nitrogens with two attached hydrogens (primary N) is 1. The van der Waals surface area contributed by atoms with Gasteiger partial charge in [-0.3, -0.25) is 0 Å². The van der Waals surface area contributed by atoms with Crippen molar-refractivity contribution in [2.75, 3.05) is 5.73 Å². The SMILES string of the molecule is CC(C)NS(=O)(=O)c1cccc(F)c1N. The molecular formula is C9H13FN2O2S. The van der Waals surface area contributed by atoms with Crippen molar-refractivity contribution in [2.45, 2.75) is 24.8 Å². The topological polar surface area (TPSA) is 72.2 Å². The zero-order chi connectivity index (χ0) is 11.6. The molecule has 0 atom stereocenters. The van der Waals surface area contributed by atoms with Crippen molar-refractivity contribution >= 4 is 15.7 Å². The van der Waals surface area contributed by atoms with E-state index in [0.29, 0.717) is 0 Å². The van der Waals surface area contributed by atoms with Crippen LogP contribution in [0.4, 0.5) is 10.1 Å². The minimum absolute atomic E-state index is 0.226. The molecule has 3 N–H and O–H groups in total. The van der Waals surface area contributed by atoms with E-state index < -0.39 is 15.8 Å². The van der Waals surface area contributed by atoms with Crippen molar-refractivity contribution in [3.8, 4) is 0 Å². The molecule has 1 aromatic carbocycles. The van der Waals surface area contributed by atoms with Crippen LogP contribution in [0.2, 0.25) is 0 Å². The van der Waals surface area contributed by atoms with E-state index in [1.54, 1.807) is 13.8 Å². The van der Waals surface area contributed by atoms with E-state index in [2.05, 4.69) is 4.72 Å². The van der Waals surface area contributed by atoms with Crippen LogP contribution in [0.1, 0.15) is 13.8 Å². The number of rotatable bonds is 3. The number of benzene rings is 1. The van der Waals surface area contributed by atoms with Crippen LogP contribution in [0.15, 0.2) is 23.1 Å². The Morgan fingerprint density at radius 3 is 2.53 bits per heavy atom.